The van der Waals surface area contributed by atoms with Crippen LogP contribution in [0, 0.1) is 0 Å². The predicted octanol–water partition coefficient (Wildman–Crippen LogP) is 0.749. The van der Waals surface area contributed by atoms with Gasteiger partial charge >= 0.3 is 0 Å². The van der Waals surface area contributed by atoms with Crippen LogP contribution < -0.4 is 16.6 Å². The molecule has 1 amide bonds. The highest BCUT2D eigenvalue weighted by molar-refractivity contribution is 9.10. The maximum Gasteiger partial charge on any atom is 0.255 e. The molecule has 20 heavy (non-hydrogen) atoms. The van der Waals surface area contributed by atoms with Crippen LogP contribution in [-0.4, -0.2) is 25.7 Å². The number of nitrogens with zero attached hydrogens (tertiary/aromatic N) is 4. The third-order valence-electron chi connectivity index (χ3n) is 2.72. The monoisotopic (exact) mass is 339 g/mol. The molecule has 0 radical (unpaired) electrons. The lowest BCUT2D eigenvalue weighted by atomic mass is 10.2. The number of hydrazine groups is 1. The fourth-order valence-corrected chi connectivity index (χ4v) is 2.08. The normalized spacial score (nSPS) is 12.0. The second kappa shape index (κ2) is 5.97. The number of nitrogens with one attached hydrogen (secondary N) is 2. The molecular weight excluding hydrogens is 326 g/mol. The van der Waals surface area contributed by atoms with E-state index in [2.05, 4.69) is 41.9 Å². The maximum atomic E-state index is 12.3. The van der Waals surface area contributed by atoms with Crippen LogP contribution in [0.4, 0.5) is 5.82 Å². The molecule has 0 saturated heterocycles. The van der Waals surface area contributed by atoms with Crippen molar-refractivity contribution in [3.05, 3.63) is 34.5 Å². The van der Waals surface area contributed by atoms with Crippen LogP contribution >= 0.6 is 15.9 Å². The van der Waals surface area contributed by atoms with E-state index >= 15 is 0 Å². The molecule has 0 saturated carbocycles. The standard InChI is InChI=1S/C11H14BrN7O/c1-6(10-18-15-5-19(10)2)16-11(20)8-3-7(12)4-14-9(8)17-13/h3-6H,13H2,1-2H3,(H,14,17)(H,16,20). The van der Waals surface area contributed by atoms with Crippen LogP contribution in [-0.2, 0) is 7.05 Å². The van der Waals surface area contributed by atoms with Gasteiger partial charge in [-0.25, -0.2) is 10.8 Å². The van der Waals surface area contributed by atoms with E-state index in [4.69, 9.17) is 5.84 Å². The molecule has 2 aromatic rings. The van der Waals surface area contributed by atoms with Crippen LogP contribution in [0.25, 0.3) is 0 Å². The molecule has 0 spiro atoms. The van der Waals surface area contributed by atoms with Gasteiger partial charge in [-0.3, -0.25) is 4.79 Å². The zero-order chi connectivity index (χ0) is 14.7. The van der Waals surface area contributed by atoms with Gasteiger partial charge in [0.25, 0.3) is 5.91 Å². The Bertz CT molecular complexity index is 627. The minimum absolute atomic E-state index is 0.292. The molecule has 2 aromatic heterocycles. The number of aromatic nitrogens is 4. The molecule has 0 aliphatic carbocycles. The fraction of sp³-hybridized carbons (Fsp3) is 0.273. The van der Waals surface area contributed by atoms with E-state index in [0.29, 0.717) is 21.7 Å². The van der Waals surface area contributed by atoms with Crippen molar-refractivity contribution in [2.24, 2.45) is 12.9 Å². The van der Waals surface area contributed by atoms with E-state index in [0.717, 1.165) is 0 Å². The average Bonchev–Trinajstić information content (AvgIpc) is 2.85. The summed E-state index contributed by atoms with van der Waals surface area (Å²) in [5, 5.41) is 10.6. The Kier molecular flexibility index (Phi) is 4.30. The summed E-state index contributed by atoms with van der Waals surface area (Å²) in [6, 6.07) is 1.35. The van der Waals surface area contributed by atoms with Gasteiger partial charge in [0.15, 0.2) is 11.6 Å². The molecule has 4 N–H and O–H groups in total. The van der Waals surface area contributed by atoms with Gasteiger partial charge in [-0.2, -0.15) is 0 Å². The van der Waals surface area contributed by atoms with Crippen LogP contribution in [0.15, 0.2) is 23.1 Å². The Labute approximate surface area is 123 Å². The van der Waals surface area contributed by atoms with Crippen molar-refractivity contribution in [1.29, 1.82) is 0 Å². The maximum absolute atomic E-state index is 12.3. The molecular formula is C11H14BrN7O. The van der Waals surface area contributed by atoms with Crippen molar-refractivity contribution in [1.82, 2.24) is 25.1 Å². The first-order chi connectivity index (χ1) is 9.52. The molecule has 0 aromatic carbocycles. The first-order valence-electron chi connectivity index (χ1n) is 5.80. The number of hydrogen-bond donors (Lipinski definition) is 3. The van der Waals surface area contributed by atoms with Crippen molar-refractivity contribution in [3.8, 4) is 0 Å². The molecule has 0 fully saturated rings. The minimum atomic E-state index is -0.303. The lowest BCUT2D eigenvalue weighted by molar-refractivity contribution is 0.0938. The highest BCUT2D eigenvalue weighted by Crippen LogP contribution is 2.18. The number of hydrogen-bond acceptors (Lipinski definition) is 6. The summed E-state index contributed by atoms with van der Waals surface area (Å²) >= 11 is 3.27. The summed E-state index contributed by atoms with van der Waals surface area (Å²) in [5.74, 6) is 6.01. The van der Waals surface area contributed by atoms with Crippen LogP contribution in [0.3, 0.4) is 0 Å². The molecule has 0 aliphatic heterocycles. The minimum Gasteiger partial charge on any atom is -0.342 e. The highest BCUT2D eigenvalue weighted by atomic mass is 79.9. The summed E-state index contributed by atoms with van der Waals surface area (Å²) in [6.07, 6.45) is 3.13. The van der Waals surface area contributed by atoms with Gasteiger partial charge in [0.1, 0.15) is 6.33 Å². The Morgan fingerprint density at radius 1 is 1.55 bits per heavy atom. The Morgan fingerprint density at radius 2 is 2.30 bits per heavy atom. The van der Waals surface area contributed by atoms with Crippen LogP contribution in [0.2, 0.25) is 0 Å². The van der Waals surface area contributed by atoms with Crippen LogP contribution in [0.5, 0.6) is 0 Å². The van der Waals surface area contributed by atoms with Gasteiger partial charge in [0.2, 0.25) is 0 Å². The van der Waals surface area contributed by atoms with Gasteiger partial charge in [0.05, 0.1) is 11.6 Å². The van der Waals surface area contributed by atoms with Gasteiger partial charge in [0, 0.05) is 17.7 Å². The number of anilines is 1. The van der Waals surface area contributed by atoms with Crippen molar-refractivity contribution in [2.75, 3.05) is 5.43 Å². The van der Waals surface area contributed by atoms with E-state index in [9.17, 15) is 4.79 Å². The first kappa shape index (κ1) is 14.4. The summed E-state index contributed by atoms with van der Waals surface area (Å²) < 4.78 is 2.43. The smallest absolute Gasteiger partial charge is 0.255 e. The van der Waals surface area contributed by atoms with Crippen molar-refractivity contribution in [3.63, 3.8) is 0 Å². The third-order valence-corrected chi connectivity index (χ3v) is 3.15. The van der Waals surface area contributed by atoms with E-state index in [1.54, 1.807) is 23.2 Å². The Balaban J connectivity index is 2.20. The van der Waals surface area contributed by atoms with Gasteiger partial charge in [-0.15, -0.1) is 10.2 Å². The lowest BCUT2D eigenvalue weighted by Gasteiger charge is -2.14. The van der Waals surface area contributed by atoms with E-state index in [1.165, 1.54) is 0 Å². The first-order valence-corrected chi connectivity index (χ1v) is 6.59. The Morgan fingerprint density at radius 3 is 2.90 bits per heavy atom. The van der Waals surface area contributed by atoms with Gasteiger partial charge in [-0.1, -0.05) is 0 Å². The van der Waals surface area contributed by atoms with Crippen molar-refractivity contribution < 1.29 is 4.79 Å². The fourth-order valence-electron chi connectivity index (χ4n) is 1.75. The van der Waals surface area contributed by atoms with Crippen molar-refractivity contribution in [2.45, 2.75) is 13.0 Å². The molecule has 0 aliphatic rings. The quantitative estimate of drug-likeness (QED) is 0.560. The van der Waals surface area contributed by atoms with E-state index in [1.807, 2.05) is 14.0 Å². The molecule has 1 atom stereocenters. The molecule has 2 rings (SSSR count). The van der Waals surface area contributed by atoms with E-state index in [-0.39, 0.29) is 11.9 Å². The lowest BCUT2D eigenvalue weighted by Crippen LogP contribution is -2.29. The number of aryl methyl sites for hydroxylation is 1. The zero-order valence-corrected chi connectivity index (χ0v) is 12.5. The number of amides is 1. The van der Waals surface area contributed by atoms with Crippen LogP contribution in [0.1, 0.15) is 29.1 Å². The SMILES string of the molecule is CC(NC(=O)c1cc(Br)cnc1NN)c1nncn1C. The molecule has 1 unspecified atom stereocenters. The number of nitrogen functional groups attached to an aromatic ring is 1. The highest BCUT2D eigenvalue weighted by Gasteiger charge is 2.18. The summed E-state index contributed by atoms with van der Waals surface area (Å²) in [4.78, 5) is 16.3. The van der Waals surface area contributed by atoms with Gasteiger partial charge < -0.3 is 15.3 Å². The Hall–Kier alpha value is -2.00. The summed E-state index contributed by atoms with van der Waals surface area (Å²) in [5.41, 5.74) is 2.74. The van der Waals surface area contributed by atoms with Gasteiger partial charge in [-0.05, 0) is 28.9 Å². The number of carbonyl (C=O) groups is 1. The molecule has 0 bridgehead atoms. The predicted molar refractivity (Wildman–Crippen MR) is 76.6 cm³/mol. The number of halogens is 1. The number of rotatable bonds is 4. The molecule has 8 nitrogen and oxygen atoms in total. The molecule has 106 valence electrons. The zero-order valence-electron chi connectivity index (χ0n) is 11.0. The second-order valence-corrected chi connectivity index (χ2v) is 5.10. The largest absolute Gasteiger partial charge is 0.342 e. The van der Waals surface area contributed by atoms with Crippen molar-refractivity contribution >= 4 is 27.7 Å². The second-order valence-electron chi connectivity index (χ2n) is 4.19. The molecule has 9 heteroatoms. The summed E-state index contributed by atoms with van der Waals surface area (Å²) in [7, 11) is 1.81. The average molecular weight is 340 g/mol. The number of pyridine rings is 1. The van der Waals surface area contributed by atoms with E-state index < -0.39 is 0 Å². The molecule has 2 heterocycles. The third kappa shape index (κ3) is 2.94. The summed E-state index contributed by atoms with van der Waals surface area (Å²) in [6.45, 7) is 1.82. The topological polar surface area (TPSA) is 111 Å². The number of nitrogens with two attached hydrogens (primary N) is 1. The number of carbonyl (C=O) groups excluding carboxylic acids is 1.